The Kier molecular flexibility index (Phi) is 12.2. The van der Waals surface area contributed by atoms with Crippen molar-refractivity contribution in [2.45, 2.75) is 56.9 Å². The quantitative estimate of drug-likeness (QED) is 0.0816. The molecule has 5 heterocycles. The average molecular weight is 837 g/mol. The normalized spacial score (nSPS) is 19.4. The second kappa shape index (κ2) is 17.8. The Labute approximate surface area is 351 Å². The van der Waals surface area contributed by atoms with Crippen LogP contribution in [-0.2, 0) is 14.4 Å². The molecular weight excluding hydrogens is 791 g/mol. The fourth-order valence-electron chi connectivity index (χ4n) is 8.71. The lowest BCUT2D eigenvalue weighted by atomic mass is 9.87. The molecule has 16 heteroatoms. The van der Waals surface area contributed by atoms with Gasteiger partial charge in [0.1, 0.15) is 29.8 Å². The van der Waals surface area contributed by atoms with Crippen LogP contribution in [0, 0.1) is 11.7 Å². The fraction of sp³-hybridized carbons (Fsp3) is 0.386. The largest absolute Gasteiger partial charge is 0.491 e. The minimum atomic E-state index is -0.967. The van der Waals surface area contributed by atoms with Crippen LogP contribution >= 0.6 is 11.6 Å². The first-order chi connectivity index (χ1) is 29.0. The maximum absolute atomic E-state index is 13.7. The van der Waals surface area contributed by atoms with Crippen LogP contribution in [0.15, 0.2) is 67.5 Å². The number of hydrogen-bond acceptors (Lipinski definition) is 11. The SMILES string of the molecule is C=CC(=O)Nc1cc2c(Nc3ccc(F)c(Cl)c3)ncnc2cc1OCCCN1CCC(CN2CCC(c3ccc4c(c3)C(=O)N(C3CCC(=O)NC3=O)C4=O)CC2)CC1. The summed E-state index contributed by atoms with van der Waals surface area (Å²) >= 11 is 5.98. The summed E-state index contributed by atoms with van der Waals surface area (Å²) < 4.78 is 20.0. The van der Waals surface area contributed by atoms with E-state index >= 15 is 0 Å². The molecule has 3 N–H and O–H groups in total. The Morgan fingerprint density at radius 1 is 0.933 bits per heavy atom. The van der Waals surface area contributed by atoms with E-state index in [4.69, 9.17) is 16.3 Å². The number of carbonyl (C=O) groups is 5. The molecule has 1 aromatic heterocycles. The van der Waals surface area contributed by atoms with Gasteiger partial charge in [-0.2, -0.15) is 0 Å². The fourth-order valence-corrected chi connectivity index (χ4v) is 8.90. The number of nitrogens with zero attached hydrogens (tertiary/aromatic N) is 5. The van der Waals surface area contributed by atoms with E-state index in [-0.39, 0.29) is 29.7 Å². The van der Waals surface area contributed by atoms with Crippen LogP contribution in [0.3, 0.4) is 0 Å². The standard InChI is InChI=1S/C44H46ClFN8O6/c1-2-39(55)50-36-22-32-35(47-25-48-41(32)49-29-5-7-34(46)33(45)21-29)23-38(36)60-19-3-14-52-15-10-26(11-16-52)24-53-17-12-27(13-18-53)28-4-6-30-31(20-28)44(59)54(43(30)58)37-8-9-40(56)51-42(37)57/h2,4-7,20-23,25-27,37H,1,3,8-19,24H2,(H,50,55)(H,47,48,49)(H,51,56,57). The van der Waals surface area contributed by atoms with Crippen molar-refractivity contribution in [1.29, 1.82) is 0 Å². The van der Waals surface area contributed by atoms with Gasteiger partial charge in [-0.1, -0.05) is 24.2 Å². The van der Waals surface area contributed by atoms with Crippen molar-refractivity contribution in [1.82, 2.24) is 30.0 Å². The minimum absolute atomic E-state index is 0.0227. The lowest BCUT2D eigenvalue weighted by molar-refractivity contribution is -0.136. The van der Waals surface area contributed by atoms with Crippen LogP contribution in [0.25, 0.3) is 10.9 Å². The molecule has 312 valence electrons. The lowest BCUT2D eigenvalue weighted by Crippen LogP contribution is -2.54. The molecule has 3 saturated heterocycles. The molecule has 0 aliphatic carbocycles. The first-order valence-corrected chi connectivity index (χ1v) is 20.8. The van der Waals surface area contributed by atoms with Crippen LogP contribution in [0.2, 0.25) is 5.02 Å². The number of benzene rings is 3. The van der Waals surface area contributed by atoms with Gasteiger partial charge in [-0.15, -0.1) is 0 Å². The summed E-state index contributed by atoms with van der Waals surface area (Å²) in [4.78, 5) is 77.7. The molecule has 4 aromatic rings. The zero-order valence-corrected chi connectivity index (χ0v) is 33.8. The lowest BCUT2D eigenvalue weighted by Gasteiger charge is -2.38. The van der Waals surface area contributed by atoms with Crippen molar-refractivity contribution in [2.75, 3.05) is 56.5 Å². The summed E-state index contributed by atoms with van der Waals surface area (Å²) in [5.74, 6) is -1.03. The Hall–Kier alpha value is -5.77. The summed E-state index contributed by atoms with van der Waals surface area (Å²) in [7, 11) is 0. The maximum atomic E-state index is 13.7. The number of piperidine rings is 3. The number of amides is 5. The highest BCUT2D eigenvalue weighted by Gasteiger charge is 2.45. The highest BCUT2D eigenvalue weighted by atomic mass is 35.5. The van der Waals surface area contributed by atoms with Gasteiger partial charge in [0, 0.05) is 36.7 Å². The number of aromatic nitrogens is 2. The highest BCUT2D eigenvalue weighted by molar-refractivity contribution is 6.31. The van der Waals surface area contributed by atoms with Gasteiger partial charge in [-0.05, 0) is 125 Å². The van der Waals surface area contributed by atoms with E-state index in [1.54, 1.807) is 24.3 Å². The predicted octanol–water partition coefficient (Wildman–Crippen LogP) is 6.05. The molecule has 0 radical (unpaired) electrons. The molecule has 0 bridgehead atoms. The third-order valence-electron chi connectivity index (χ3n) is 12.0. The number of halogens is 2. The van der Waals surface area contributed by atoms with Gasteiger partial charge in [0.15, 0.2) is 0 Å². The van der Waals surface area contributed by atoms with Crippen LogP contribution < -0.4 is 20.7 Å². The molecule has 1 unspecified atom stereocenters. The number of rotatable bonds is 13. The van der Waals surface area contributed by atoms with Gasteiger partial charge < -0.3 is 25.2 Å². The minimum Gasteiger partial charge on any atom is -0.491 e. The molecule has 0 saturated carbocycles. The molecule has 1 atom stereocenters. The van der Waals surface area contributed by atoms with Gasteiger partial charge in [0.2, 0.25) is 17.7 Å². The number of anilines is 3. The Balaban J connectivity index is 0.790. The van der Waals surface area contributed by atoms with E-state index < -0.39 is 35.5 Å². The molecular formula is C44H46ClFN8O6. The first-order valence-electron chi connectivity index (χ1n) is 20.4. The number of nitrogens with one attached hydrogen (secondary N) is 3. The third kappa shape index (κ3) is 8.88. The topological polar surface area (TPSA) is 166 Å². The van der Waals surface area contributed by atoms with Crippen molar-refractivity contribution < 1.29 is 33.1 Å². The Morgan fingerprint density at radius 3 is 2.45 bits per heavy atom. The van der Waals surface area contributed by atoms with Crippen LogP contribution in [-0.4, -0.2) is 106 Å². The summed E-state index contributed by atoms with van der Waals surface area (Å²) in [6, 6.07) is 12.3. The third-order valence-corrected chi connectivity index (χ3v) is 12.3. The van der Waals surface area contributed by atoms with Gasteiger partial charge in [0.25, 0.3) is 11.8 Å². The van der Waals surface area contributed by atoms with Crippen LogP contribution in [0.4, 0.5) is 21.6 Å². The van der Waals surface area contributed by atoms with E-state index in [1.165, 1.54) is 24.5 Å². The monoisotopic (exact) mass is 836 g/mol. The maximum Gasteiger partial charge on any atom is 0.262 e. The highest BCUT2D eigenvalue weighted by Crippen LogP contribution is 2.36. The molecule has 14 nitrogen and oxygen atoms in total. The number of imide groups is 2. The summed E-state index contributed by atoms with van der Waals surface area (Å²) in [6.45, 7) is 9.91. The van der Waals surface area contributed by atoms with Crippen molar-refractivity contribution in [3.05, 3.63) is 95.0 Å². The van der Waals surface area contributed by atoms with E-state index in [1.807, 2.05) is 12.1 Å². The molecule has 5 amide bonds. The summed E-state index contributed by atoms with van der Waals surface area (Å²) in [6.07, 6.45) is 7.79. The first kappa shape index (κ1) is 41.0. The summed E-state index contributed by atoms with van der Waals surface area (Å²) in [5.41, 5.74) is 3.28. The molecule has 3 aromatic carbocycles. The van der Waals surface area contributed by atoms with E-state index in [9.17, 15) is 28.4 Å². The summed E-state index contributed by atoms with van der Waals surface area (Å²) in [5, 5.41) is 8.83. The Morgan fingerprint density at radius 2 is 1.70 bits per heavy atom. The second-order valence-corrected chi connectivity index (χ2v) is 16.3. The average Bonchev–Trinajstić information content (AvgIpc) is 3.49. The zero-order valence-electron chi connectivity index (χ0n) is 33.1. The van der Waals surface area contributed by atoms with E-state index in [0.717, 1.165) is 81.8 Å². The molecule has 8 rings (SSSR count). The van der Waals surface area contributed by atoms with Gasteiger partial charge in [0.05, 0.1) is 34.0 Å². The molecule has 60 heavy (non-hydrogen) atoms. The number of hydrogen-bond donors (Lipinski definition) is 3. The Bertz CT molecular complexity index is 2360. The molecule has 3 fully saturated rings. The number of carbonyl (C=O) groups excluding carboxylic acids is 5. The number of ether oxygens (including phenoxy) is 1. The number of fused-ring (bicyclic) bond motifs is 2. The zero-order chi connectivity index (χ0) is 41.9. The van der Waals surface area contributed by atoms with Gasteiger partial charge >= 0.3 is 0 Å². The number of likely N-dealkylation sites (tertiary alicyclic amines) is 2. The van der Waals surface area contributed by atoms with E-state index in [0.29, 0.717) is 57.5 Å². The molecule has 0 spiro atoms. The molecule has 4 aliphatic heterocycles. The van der Waals surface area contributed by atoms with E-state index in [2.05, 4.69) is 42.3 Å². The second-order valence-electron chi connectivity index (χ2n) is 15.8. The van der Waals surface area contributed by atoms with Crippen molar-refractivity contribution in [2.24, 2.45) is 5.92 Å². The van der Waals surface area contributed by atoms with Gasteiger partial charge in [-0.25, -0.2) is 14.4 Å². The van der Waals surface area contributed by atoms with Crippen molar-refractivity contribution >= 4 is 69.2 Å². The molecule has 4 aliphatic rings. The van der Waals surface area contributed by atoms with Crippen LogP contribution in [0.1, 0.15) is 77.1 Å². The van der Waals surface area contributed by atoms with Crippen molar-refractivity contribution in [3.63, 3.8) is 0 Å². The van der Waals surface area contributed by atoms with Crippen LogP contribution in [0.5, 0.6) is 5.75 Å². The predicted molar refractivity (Wildman–Crippen MR) is 224 cm³/mol. The smallest absolute Gasteiger partial charge is 0.262 e. The van der Waals surface area contributed by atoms with Gasteiger partial charge in [-0.3, -0.25) is 34.2 Å². The van der Waals surface area contributed by atoms with Crippen molar-refractivity contribution in [3.8, 4) is 5.75 Å².